The van der Waals surface area contributed by atoms with Crippen molar-refractivity contribution in [3.8, 4) is 0 Å². The molecule has 18 heavy (non-hydrogen) atoms. The van der Waals surface area contributed by atoms with Crippen molar-refractivity contribution in [2.45, 2.75) is 32.5 Å². The molecule has 2 rings (SSSR count). The van der Waals surface area contributed by atoms with Crippen molar-refractivity contribution in [2.24, 2.45) is 7.05 Å². The smallest absolute Gasteiger partial charge is 0.339 e. The molecule has 0 amide bonds. The maximum absolute atomic E-state index is 11.1. The van der Waals surface area contributed by atoms with Crippen molar-refractivity contribution in [3.63, 3.8) is 0 Å². The molecule has 2 atom stereocenters. The average Bonchev–Trinajstić information content (AvgIpc) is 2.59. The zero-order valence-corrected chi connectivity index (χ0v) is 11.1. The summed E-state index contributed by atoms with van der Waals surface area (Å²) in [6.07, 6.45) is 1.42. The van der Waals surface area contributed by atoms with Crippen LogP contribution in [0.3, 0.4) is 0 Å². The highest BCUT2D eigenvalue weighted by atomic mass is 16.4. The largest absolute Gasteiger partial charge is 0.478 e. The summed E-state index contributed by atoms with van der Waals surface area (Å²) < 4.78 is 1.65. The number of aromatic carboxylic acids is 1. The Kier molecular flexibility index (Phi) is 3.68. The summed E-state index contributed by atoms with van der Waals surface area (Å²) in [5.74, 6) is -0.908. The van der Waals surface area contributed by atoms with Crippen LogP contribution in [0.4, 0.5) is 0 Å². The van der Waals surface area contributed by atoms with Gasteiger partial charge in [-0.2, -0.15) is 5.10 Å². The maximum atomic E-state index is 11.1. The number of rotatable bonds is 3. The van der Waals surface area contributed by atoms with Gasteiger partial charge in [-0.05, 0) is 13.8 Å². The lowest BCUT2D eigenvalue weighted by molar-refractivity contribution is 0.0693. The third-order valence-corrected chi connectivity index (χ3v) is 3.30. The molecule has 0 radical (unpaired) electrons. The average molecular weight is 252 g/mol. The Morgan fingerprint density at radius 1 is 1.50 bits per heavy atom. The molecule has 1 aliphatic rings. The summed E-state index contributed by atoms with van der Waals surface area (Å²) in [7, 11) is 1.79. The molecule has 0 aromatic carbocycles. The Labute approximate surface area is 107 Å². The third-order valence-electron chi connectivity index (χ3n) is 3.30. The molecule has 0 saturated carbocycles. The fourth-order valence-electron chi connectivity index (χ4n) is 2.61. The second kappa shape index (κ2) is 5.07. The van der Waals surface area contributed by atoms with Crippen molar-refractivity contribution < 1.29 is 9.90 Å². The first kappa shape index (κ1) is 13.0. The minimum atomic E-state index is -0.908. The summed E-state index contributed by atoms with van der Waals surface area (Å²) >= 11 is 0. The van der Waals surface area contributed by atoms with Crippen LogP contribution < -0.4 is 5.32 Å². The van der Waals surface area contributed by atoms with Gasteiger partial charge >= 0.3 is 5.97 Å². The van der Waals surface area contributed by atoms with E-state index >= 15 is 0 Å². The van der Waals surface area contributed by atoms with Crippen LogP contribution >= 0.6 is 0 Å². The van der Waals surface area contributed by atoms with Gasteiger partial charge < -0.3 is 10.4 Å². The lowest BCUT2D eigenvalue weighted by Crippen LogP contribution is -2.53. The second-order valence-electron chi connectivity index (χ2n) is 5.10. The van der Waals surface area contributed by atoms with Gasteiger partial charge in [0.1, 0.15) is 5.56 Å². The van der Waals surface area contributed by atoms with E-state index in [1.54, 1.807) is 11.7 Å². The molecular formula is C12H20N4O2. The molecule has 2 heterocycles. The lowest BCUT2D eigenvalue weighted by Gasteiger charge is -2.36. The number of aryl methyl sites for hydroxylation is 1. The Hall–Kier alpha value is -1.40. The SMILES string of the molecule is CC1CN(Cc2c(C(=O)O)cnn2C)CC(C)N1. The van der Waals surface area contributed by atoms with Crippen LogP contribution in [-0.4, -0.2) is 50.9 Å². The molecule has 6 nitrogen and oxygen atoms in total. The van der Waals surface area contributed by atoms with Gasteiger partial charge in [-0.25, -0.2) is 4.79 Å². The highest BCUT2D eigenvalue weighted by Crippen LogP contribution is 2.13. The van der Waals surface area contributed by atoms with Crippen LogP contribution in [0, 0.1) is 0 Å². The summed E-state index contributed by atoms with van der Waals surface area (Å²) in [6.45, 7) is 6.77. The fourth-order valence-corrected chi connectivity index (χ4v) is 2.61. The number of carboxylic acids is 1. The topological polar surface area (TPSA) is 70.4 Å². The summed E-state index contributed by atoms with van der Waals surface area (Å²) in [4.78, 5) is 13.4. The van der Waals surface area contributed by atoms with Crippen molar-refractivity contribution in [3.05, 3.63) is 17.5 Å². The first-order chi connectivity index (χ1) is 8.47. The van der Waals surface area contributed by atoms with Gasteiger partial charge in [0.15, 0.2) is 0 Å². The summed E-state index contributed by atoms with van der Waals surface area (Å²) in [5, 5.41) is 16.6. The highest BCUT2D eigenvalue weighted by Gasteiger charge is 2.24. The van der Waals surface area contributed by atoms with E-state index in [4.69, 9.17) is 5.11 Å². The molecule has 1 aromatic heterocycles. The van der Waals surface area contributed by atoms with Gasteiger partial charge in [0.2, 0.25) is 0 Å². The van der Waals surface area contributed by atoms with E-state index in [-0.39, 0.29) is 0 Å². The number of hydrogen-bond donors (Lipinski definition) is 2. The van der Waals surface area contributed by atoms with Gasteiger partial charge in [-0.3, -0.25) is 9.58 Å². The van der Waals surface area contributed by atoms with Crippen molar-refractivity contribution >= 4 is 5.97 Å². The van der Waals surface area contributed by atoms with E-state index in [9.17, 15) is 4.79 Å². The van der Waals surface area contributed by atoms with Crippen LogP contribution in [0.15, 0.2) is 6.20 Å². The van der Waals surface area contributed by atoms with Crippen molar-refractivity contribution in [1.29, 1.82) is 0 Å². The van der Waals surface area contributed by atoms with Gasteiger partial charge in [0.25, 0.3) is 0 Å². The van der Waals surface area contributed by atoms with Crippen LogP contribution in [0.2, 0.25) is 0 Å². The molecule has 1 aromatic rings. The molecule has 100 valence electrons. The molecule has 1 fully saturated rings. The number of carbonyl (C=O) groups is 1. The number of piperazine rings is 1. The van der Waals surface area contributed by atoms with Gasteiger partial charge in [0, 0.05) is 38.8 Å². The zero-order chi connectivity index (χ0) is 13.3. The van der Waals surface area contributed by atoms with Crippen LogP contribution in [0.5, 0.6) is 0 Å². The molecular weight excluding hydrogens is 232 g/mol. The Morgan fingerprint density at radius 2 is 2.11 bits per heavy atom. The number of nitrogens with one attached hydrogen (secondary N) is 1. The minimum Gasteiger partial charge on any atom is -0.478 e. The second-order valence-corrected chi connectivity index (χ2v) is 5.10. The predicted molar refractivity (Wildman–Crippen MR) is 67.5 cm³/mol. The van der Waals surface area contributed by atoms with E-state index in [0.717, 1.165) is 18.8 Å². The van der Waals surface area contributed by atoms with E-state index in [0.29, 0.717) is 24.2 Å². The number of aromatic nitrogens is 2. The standard InChI is InChI=1S/C12H20N4O2/c1-8-5-16(6-9(2)14-8)7-11-10(12(17)18)4-13-15(11)3/h4,8-9,14H,5-7H2,1-3H3,(H,17,18). The highest BCUT2D eigenvalue weighted by molar-refractivity contribution is 5.88. The minimum absolute atomic E-state index is 0.302. The molecule has 0 spiro atoms. The molecule has 2 N–H and O–H groups in total. The molecule has 1 saturated heterocycles. The monoisotopic (exact) mass is 252 g/mol. The van der Waals surface area contributed by atoms with Crippen LogP contribution in [0.1, 0.15) is 29.9 Å². The van der Waals surface area contributed by atoms with Crippen LogP contribution in [0.25, 0.3) is 0 Å². The van der Waals surface area contributed by atoms with E-state index in [1.807, 2.05) is 0 Å². The van der Waals surface area contributed by atoms with Gasteiger partial charge in [-0.1, -0.05) is 0 Å². The van der Waals surface area contributed by atoms with Gasteiger partial charge in [0.05, 0.1) is 11.9 Å². The number of nitrogens with zero attached hydrogens (tertiary/aromatic N) is 3. The number of carboxylic acid groups (broad SMARTS) is 1. The summed E-state index contributed by atoms with van der Waals surface area (Å²) in [6, 6.07) is 0.852. The molecule has 1 aliphatic heterocycles. The Morgan fingerprint density at radius 3 is 2.67 bits per heavy atom. The van der Waals surface area contributed by atoms with Crippen molar-refractivity contribution in [1.82, 2.24) is 20.0 Å². The predicted octanol–water partition coefficient (Wildman–Crippen LogP) is 0.301. The van der Waals surface area contributed by atoms with E-state index in [1.165, 1.54) is 6.20 Å². The first-order valence-electron chi connectivity index (χ1n) is 6.20. The fraction of sp³-hybridized carbons (Fsp3) is 0.667. The van der Waals surface area contributed by atoms with Crippen molar-refractivity contribution in [2.75, 3.05) is 13.1 Å². The Bertz CT molecular complexity index is 433. The van der Waals surface area contributed by atoms with Gasteiger partial charge in [-0.15, -0.1) is 0 Å². The lowest BCUT2D eigenvalue weighted by atomic mass is 10.1. The molecule has 0 aliphatic carbocycles. The molecule has 6 heteroatoms. The quantitative estimate of drug-likeness (QED) is 0.809. The maximum Gasteiger partial charge on any atom is 0.339 e. The Balaban J connectivity index is 2.13. The number of hydrogen-bond acceptors (Lipinski definition) is 4. The third kappa shape index (κ3) is 2.70. The van der Waals surface area contributed by atoms with Crippen LogP contribution in [-0.2, 0) is 13.6 Å². The zero-order valence-electron chi connectivity index (χ0n) is 11.1. The van der Waals surface area contributed by atoms with E-state index < -0.39 is 5.97 Å². The van der Waals surface area contributed by atoms with E-state index in [2.05, 4.69) is 29.2 Å². The normalized spacial score (nSPS) is 25.3. The molecule has 2 unspecified atom stereocenters. The first-order valence-corrected chi connectivity index (χ1v) is 6.20. The molecule has 0 bridgehead atoms. The summed E-state index contributed by atoms with van der Waals surface area (Å²) in [5.41, 5.74) is 1.07.